The van der Waals surface area contributed by atoms with Crippen LogP contribution in [-0.2, 0) is 0 Å². The minimum atomic E-state index is 0.343. The molecule has 1 aliphatic rings. The Morgan fingerprint density at radius 3 is 2.19 bits per heavy atom. The fourth-order valence-corrected chi connectivity index (χ4v) is 3.07. The van der Waals surface area contributed by atoms with Crippen LogP contribution in [0.1, 0.15) is 53.4 Å². The SMILES string of the molecule is CCC(C)(C(CC(C)C)NC)N1CCCC1. The monoisotopic (exact) mass is 226 g/mol. The van der Waals surface area contributed by atoms with Gasteiger partial charge in [-0.15, -0.1) is 0 Å². The molecule has 0 aromatic rings. The highest BCUT2D eigenvalue weighted by Gasteiger charge is 2.38. The van der Waals surface area contributed by atoms with E-state index in [1.54, 1.807) is 0 Å². The van der Waals surface area contributed by atoms with Gasteiger partial charge in [0.15, 0.2) is 0 Å². The van der Waals surface area contributed by atoms with Crippen molar-refractivity contribution in [1.29, 1.82) is 0 Å². The summed E-state index contributed by atoms with van der Waals surface area (Å²) in [6, 6.07) is 0.621. The van der Waals surface area contributed by atoms with Crippen LogP contribution in [0.15, 0.2) is 0 Å². The van der Waals surface area contributed by atoms with Crippen molar-refractivity contribution in [3.05, 3.63) is 0 Å². The zero-order valence-corrected chi connectivity index (χ0v) is 11.8. The molecular formula is C14H30N2. The molecule has 0 aromatic heterocycles. The van der Waals surface area contributed by atoms with Gasteiger partial charge in [0.05, 0.1) is 0 Å². The van der Waals surface area contributed by atoms with Crippen molar-refractivity contribution < 1.29 is 0 Å². The van der Waals surface area contributed by atoms with E-state index >= 15 is 0 Å². The molecule has 2 nitrogen and oxygen atoms in total. The lowest BCUT2D eigenvalue weighted by Gasteiger charge is -2.45. The molecule has 0 amide bonds. The summed E-state index contributed by atoms with van der Waals surface area (Å²) in [6.45, 7) is 12.0. The van der Waals surface area contributed by atoms with E-state index in [0.717, 1.165) is 5.92 Å². The molecule has 2 unspecified atom stereocenters. The molecule has 0 saturated carbocycles. The summed E-state index contributed by atoms with van der Waals surface area (Å²) < 4.78 is 0. The summed E-state index contributed by atoms with van der Waals surface area (Å²) in [5.74, 6) is 0.769. The minimum absolute atomic E-state index is 0.343. The van der Waals surface area contributed by atoms with Crippen LogP contribution in [0.25, 0.3) is 0 Å². The van der Waals surface area contributed by atoms with Crippen LogP contribution in [0, 0.1) is 5.92 Å². The van der Waals surface area contributed by atoms with Crippen LogP contribution in [0.2, 0.25) is 0 Å². The van der Waals surface area contributed by atoms with E-state index in [1.165, 1.54) is 38.8 Å². The summed E-state index contributed by atoms with van der Waals surface area (Å²) in [4.78, 5) is 2.70. The van der Waals surface area contributed by atoms with E-state index in [0.29, 0.717) is 11.6 Å². The Hall–Kier alpha value is -0.0800. The second-order valence-electron chi connectivity index (χ2n) is 5.88. The van der Waals surface area contributed by atoms with E-state index in [-0.39, 0.29) is 0 Å². The molecule has 1 aliphatic heterocycles. The fourth-order valence-electron chi connectivity index (χ4n) is 3.07. The standard InChI is InChI=1S/C14H30N2/c1-6-14(4,16-9-7-8-10-16)13(15-5)11-12(2)3/h12-13,15H,6-11H2,1-5H3. The van der Waals surface area contributed by atoms with E-state index < -0.39 is 0 Å². The van der Waals surface area contributed by atoms with Crippen LogP contribution >= 0.6 is 0 Å². The highest BCUT2D eigenvalue weighted by Crippen LogP contribution is 2.30. The number of rotatable bonds is 6. The van der Waals surface area contributed by atoms with Crippen LogP contribution in [-0.4, -0.2) is 36.6 Å². The summed E-state index contributed by atoms with van der Waals surface area (Å²) >= 11 is 0. The third kappa shape index (κ3) is 2.98. The minimum Gasteiger partial charge on any atom is -0.315 e. The molecule has 2 heteroatoms. The highest BCUT2D eigenvalue weighted by molar-refractivity contribution is 4.97. The van der Waals surface area contributed by atoms with Crippen molar-refractivity contribution in [2.45, 2.75) is 65.0 Å². The van der Waals surface area contributed by atoms with E-state index in [2.05, 4.69) is 45.0 Å². The zero-order valence-electron chi connectivity index (χ0n) is 11.8. The third-order valence-electron chi connectivity index (χ3n) is 4.35. The van der Waals surface area contributed by atoms with Crippen molar-refractivity contribution in [3.63, 3.8) is 0 Å². The molecule has 1 saturated heterocycles. The number of hydrogen-bond donors (Lipinski definition) is 1. The Morgan fingerprint density at radius 2 is 1.81 bits per heavy atom. The van der Waals surface area contributed by atoms with Crippen LogP contribution in [0.5, 0.6) is 0 Å². The highest BCUT2D eigenvalue weighted by atomic mass is 15.2. The number of likely N-dealkylation sites (tertiary alicyclic amines) is 1. The normalized spacial score (nSPS) is 23.6. The fraction of sp³-hybridized carbons (Fsp3) is 1.00. The maximum Gasteiger partial charge on any atom is 0.0331 e. The van der Waals surface area contributed by atoms with Gasteiger partial charge in [0.25, 0.3) is 0 Å². The molecule has 0 radical (unpaired) electrons. The number of nitrogens with zero attached hydrogens (tertiary/aromatic N) is 1. The molecule has 16 heavy (non-hydrogen) atoms. The van der Waals surface area contributed by atoms with Crippen molar-refractivity contribution in [2.24, 2.45) is 5.92 Å². The zero-order chi connectivity index (χ0) is 12.2. The number of likely N-dealkylation sites (N-methyl/N-ethyl adjacent to an activating group) is 1. The van der Waals surface area contributed by atoms with Crippen molar-refractivity contribution >= 4 is 0 Å². The van der Waals surface area contributed by atoms with Crippen molar-refractivity contribution in [2.75, 3.05) is 20.1 Å². The van der Waals surface area contributed by atoms with Gasteiger partial charge in [-0.05, 0) is 58.7 Å². The second kappa shape index (κ2) is 6.02. The average molecular weight is 226 g/mol. The largest absolute Gasteiger partial charge is 0.315 e. The summed E-state index contributed by atoms with van der Waals surface area (Å²) in [5, 5.41) is 3.56. The molecule has 1 fully saturated rings. The molecule has 1 N–H and O–H groups in total. The van der Waals surface area contributed by atoms with Gasteiger partial charge in [-0.3, -0.25) is 4.90 Å². The smallest absolute Gasteiger partial charge is 0.0331 e. The van der Waals surface area contributed by atoms with E-state index in [1.807, 2.05) is 0 Å². The Morgan fingerprint density at radius 1 is 1.25 bits per heavy atom. The van der Waals surface area contributed by atoms with Gasteiger partial charge in [-0.1, -0.05) is 20.8 Å². The van der Waals surface area contributed by atoms with Crippen LogP contribution in [0.4, 0.5) is 0 Å². The maximum absolute atomic E-state index is 3.56. The number of hydrogen-bond acceptors (Lipinski definition) is 2. The predicted molar refractivity (Wildman–Crippen MR) is 71.8 cm³/mol. The molecule has 2 atom stereocenters. The molecule has 0 aromatic carbocycles. The Labute approximate surface area is 102 Å². The lowest BCUT2D eigenvalue weighted by molar-refractivity contribution is 0.0782. The second-order valence-corrected chi connectivity index (χ2v) is 5.88. The molecule has 1 heterocycles. The molecule has 0 aliphatic carbocycles. The summed E-state index contributed by atoms with van der Waals surface area (Å²) in [5.41, 5.74) is 0.343. The third-order valence-corrected chi connectivity index (χ3v) is 4.35. The van der Waals surface area contributed by atoms with Gasteiger partial charge in [-0.2, -0.15) is 0 Å². The first kappa shape index (κ1) is 14.0. The lowest BCUT2D eigenvalue weighted by atomic mass is 9.83. The molecular weight excluding hydrogens is 196 g/mol. The topological polar surface area (TPSA) is 15.3 Å². The first-order chi connectivity index (χ1) is 7.54. The molecule has 0 bridgehead atoms. The Bertz CT molecular complexity index is 197. The van der Waals surface area contributed by atoms with Gasteiger partial charge in [0, 0.05) is 11.6 Å². The summed E-state index contributed by atoms with van der Waals surface area (Å²) in [6.07, 6.45) is 5.28. The molecule has 96 valence electrons. The predicted octanol–water partition coefficient (Wildman–Crippen LogP) is 2.89. The van der Waals surface area contributed by atoms with Crippen molar-refractivity contribution in [1.82, 2.24) is 10.2 Å². The quantitative estimate of drug-likeness (QED) is 0.749. The Balaban J connectivity index is 2.73. The van der Waals surface area contributed by atoms with E-state index in [4.69, 9.17) is 0 Å². The average Bonchev–Trinajstić information content (AvgIpc) is 2.78. The molecule has 1 rings (SSSR count). The van der Waals surface area contributed by atoms with Crippen LogP contribution in [0.3, 0.4) is 0 Å². The van der Waals surface area contributed by atoms with Gasteiger partial charge in [0.1, 0.15) is 0 Å². The van der Waals surface area contributed by atoms with Crippen LogP contribution < -0.4 is 5.32 Å². The first-order valence-electron chi connectivity index (χ1n) is 6.97. The van der Waals surface area contributed by atoms with Gasteiger partial charge >= 0.3 is 0 Å². The first-order valence-corrected chi connectivity index (χ1v) is 6.97. The van der Waals surface area contributed by atoms with Gasteiger partial charge < -0.3 is 5.32 Å². The maximum atomic E-state index is 3.56. The summed E-state index contributed by atoms with van der Waals surface area (Å²) in [7, 11) is 2.12. The lowest BCUT2D eigenvalue weighted by Crippen LogP contribution is -2.58. The Kier molecular flexibility index (Phi) is 5.26. The van der Waals surface area contributed by atoms with Crippen molar-refractivity contribution in [3.8, 4) is 0 Å². The van der Waals surface area contributed by atoms with E-state index in [9.17, 15) is 0 Å². The number of nitrogens with one attached hydrogen (secondary N) is 1. The molecule has 0 spiro atoms. The van der Waals surface area contributed by atoms with Gasteiger partial charge in [-0.25, -0.2) is 0 Å². The van der Waals surface area contributed by atoms with Gasteiger partial charge in [0.2, 0.25) is 0 Å².